The SMILES string of the molecule is CC(=O)ON1C(=O)[C@H](Cc2ccc3ccccc3c2)N[C@H]1Cc1ccc2cccc(-c3cccc(C(C)[C@@H]4N[C@@H](Cc5ccccc5)N(OC(C)=O)C4=O)c3)c2c1. The number of hydrogen-bond donors (Lipinski definition) is 2. The van der Waals surface area contributed by atoms with Gasteiger partial charge in [-0.25, -0.2) is 0 Å². The van der Waals surface area contributed by atoms with E-state index in [2.05, 4.69) is 71.3 Å². The van der Waals surface area contributed by atoms with Crippen LogP contribution in [0.25, 0.3) is 32.7 Å². The minimum absolute atomic E-state index is 0.248. The van der Waals surface area contributed by atoms with Gasteiger partial charge >= 0.3 is 11.9 Å². The average molecular weight is 761 g/mol. The second-order valence-electron chi connectivity index (χ2n) is 14.9. The molecule has 2 heterocycles. The van der Waals surface area contributed by atoms with Gasteiger partial charge in [0.2, 0.25) is 0 Å². The molecule has 288 valence electrons. The first kappa shape index (κ1) is 37.6. The number of amides is 2. The van der Waals surface area contributed by atoms with E-state index in [9.17, 15) is 19.2 Å². The third-order valence-corrected chi connectivity index (χ3v) is 10.9. The summed E-state index contributed by atoms with van der Waals surface area (Å²) < 4.78 is 0. The summed E-state index contributed by atoms with van der Waals surface area (Å²) in [5.41, 5.74) is 5.94. The van der Waals surface area contributed by atoms with Crippen molar-refractivity contribution in [2.75, 3.05) is 0 Å². The Morgan fingerprint density at radius 3 is 1.96 bits per heavy atom. The van der Waals surface area contributed by atoms with Crippen molar-refractivity contribution in [3.63, 3.8) is 0 Å². The van der Waals surface area contributed by atoms with Crippen molar-refractivity contribution in [3.8, 4) is 11.1 Å². The normalized spacial score (nSPS) is 20.0. The summed E-state index contributed by atoms with van der Waals surface area (Å²) in [4.78, 5) is 62.5. The molecule has 6 aromatic rings. The van der Waals surface area contributed by atoms with E-state index in [1.165, 1.54) is 24.0 Å². The second-order valence-corrected chi connectivity index (χ2v) is 14.9. The molecule has 5 atom stereocenters. The van der Waals surface area contributed by atoms with Gasteiger partial charge in [-0.1, -0.05) is 140 Å². The first-order chi connectivity index (χ1) is 27.6. The monoisotopic (exact) mass is 760 g/mol. The van der Waals surface area contributed by atoms with Gasteiger partial charge in [-0.2, -0.15) is 10.1 Å². The molecule has 2 N–H and O–H groups in total. The van der Waals surface area contributed by atoms with Gasteiger partial charge in [0.1, 0.15) is 12.3 Å². The molecule has 2 saturated heterocycles. The Kier molecular flexibility index (Phi) is 10.6. The Balaban J connectivity index is 1.03. The highest BCUT2D eigenvalue weighted by Crippen LogP contribution is 2.34. The fraction of sp³-hybridized carbons (Fsp3) is 0.234. The van der Waals surface area contributed by atoms with Gasteiger partial charge in [0, 0.05) is 32.6 Å². The zero-order valence-corrected chi connectivity index (χ0v) is 32.1. The smallest absolute Gasteiger partial charge is 0.329 e. The van der Waals surface area contributed by atoms with Crippen LogP contribution in [0.4, 0.5) is 0 Å². The zero-order chi connectivity index (χ0) is 39.6. The van der Waals surface area contributed by atoms with E-state index < -0.39 is 36.4 Å². The van der Waals surface area contributed by atoms with Crippen LogP contribution in [-0.4, -0.2) is 58.3 Å². The Hall–Kier alpha value is -6.36. The van der Waals surface area contributed by atoms with Crippen LogP contribution in [0.1, 0.15) is 48.9 Å². The summed E-state index contributed by atoms with van der Waals surface area (Å²) in [5, 5.41) is 13.6. The molecule has 0 saturated carbocycles. The highest BCUT2D eigenvalue weighted by Gasteiger charge is 2.44. The lowest BCUT2D eigenvalue weighted by Crippen LogP contribution is -2.40. The number of fused-ring (bicyclic) bond motifs is 2. The van der Waals surface area contributed by atoms with Gasteiger partial charge in [0.05, 0.1) is 12.1 Å². The van der Waals surface area contributed by atoms with Crippen molar-refractivity contribution in [1.82, 2.24) is 20.8 Å². The summed E-state index contributed by atoms with van der Waals surface area (Å²) in [5.74, 6) is -1.93. The third kappa shape index (κ3) is 8.00. The molecule has 2 aliphatic heterocycles. The standard InChI is InChI=1S/C47H44N4O6/c1-29(45-47(55)51(57-31(3)53)44(49-45)26-32-11-5-4-6-12-32)37-16-9-17-39(28-37)40-18-10-15-36-22-20-34(24-41(36)40)27-43-48-42(46(54)50(43)56-30(2)52)25-33-19-21-35-13-7-8-14-38(35)23-33/h4-24,28-29,42-45,48-49H,25-27H2,1-3H3/t29?,42-,43+,44+,45-/m0/s1. The number of benzene rings is 6. The lowest BCUT2D eigenvalue weighted by Gasteiger charge is -2.22. The summed E-state index contributed by atoms with van der Waals surface area (Å²) >= 11 is 0. The number of nitrogens with zero attached hydrogens (tertiary/aromatic N) is 2. The minimum atomic E-state index is -0.612. The molecule has 0 aromatic heterocycles. The number of hydrogen-bond acceptors (Lipinski definition) is 8. The molecule has 10 nitrogen and oxygen atoms in total. The average Bonchev–Trinajstić information content (AvgIpc) is 3.66. The molecule has 2 amide bonds. The molecule has 2 aliphatic rings. The summed E-state index contributed by atoms with van der Waals surface area (Å²) in [6.45, 7) is 4.60. The number of rotatable bonds is 11. The predicted octanol–water partition coefficient (Wildman–Crippen LogP) is 7.00. The van der Waals surface area contributed by atoms with E-state index in [0.29, 0.717) is 19.3 Å². The van der Waals surface area contributed by atoms with Crippen LogP contribution in [0.5, 0.6) is 0 Å². The van der Waals surface area contributed by atoms with Crippen LogP contribution >= 0.6 is 0 Å². The highest BCUT2D eigenvalue weighted by atomic mass is 16.7. The van der Waals surface area contributed by atoms with Crippen molar-refractivity contribution in [2.24, 2.45) is 0 Å². The number of carbonyl (C=O) groups excluding carboxylic acids is 4. The third-order valence-electron chi connectivity index (χ3n) is 10.9. The van der Waals surface area contributed by atoms with Gasteiger partial charge in [0.15, 0.2) is 0 Å². The van der Waals surface area contributed by atoms with E-state index in [0.717, 1.165) is 54.9 Å². The fourth-order valence-corrected chi connectivity index (χ4v) is 8.14. The maximum absolute atomic E-state index is 13.8. The lowest BCUT2D eigenvalue weighted by molar-refractivity contribution is -0.199. The molecule has 1 unspecified atom stereocenters. The predicted molar refractivity (Wildman–Crippen MR) is 218 cm³/mol. The topological polar surface area (TPSA) is 117 Å². The molecule has 0 bridgehead atoms. The first-order valence-electron chi connectivity index (χ1n) is 19.3. The molecule has 0 spiro atoms. The van der Waals surface area contributed by atoms with Crippen LogP contribution in [0.15, 0.2) is 133 Å². The van der Waals surface area contributed by atoms with Gasteiger partial charge in [-0.3, -0.25) is 29.8 Å². The summed E-state index contributed by atoms with van der Waals surface area (Å²) in [6, 6.07) is 43.5. The van der Waals surface area contributed by atoms with E-state index in [-0.39, 0.29) is 17.7 Å². The Morgan fingerprint density at radius 1 is 0.596 bits per heavy atom. The summed E-state index contributed by atoms with van der Waals surface area (Å²) in [6.07, 6.45) is 0.273. The number of nitrogens with one attached hydrogen (secondary N) is 2. The van der Waals surface area contributed by atoms with E-state index in [4.69, 9.17) is 9.68 Å². The quantitative estimate of drug-likeness (QED) is 0.145. The van der Waals surface area contributed by atoms with Gasteiger partial charge in [-0.15, -0.1) is 0 Å². The molecule has 10 heteroatoms. The minimum Gasteiger partial charge on any atom is -0.337 e. The van der Waals surface area contributed by atoms with Gasteiger partial charge < -0.3 is 9.68 Å². The molecular formula is C47H44N4O6. The van der Waals surface area contributed by atoms with Crippen LogP contribution < -0.4 is 10.6 Å². The zero-order valence-electron chi connectivity index (χ0n) is 32.1. The molecular weight excluding hydrogens is 717 g/mol. The van der Waals surface area contributed by atoms with Crippen molar-refractivity contribution in [3.05, 3.63) is 156 Å². The van der Waals surface area contributed by atoms with Gasteiger partial charge in [-0.05, 0) is 61.3 Å². The van der Waals surface area contributed by atoms with E-state index in [1.807, 2.05) is 79.7 Å². The maximum atomic E-state index is 13.8. The van der Waals surface area contributed by atoms with E-state index >= 15 is 0 Å². The van der Waals surface area contributed by atoms with Crippen molar-refractivity contribution >= 4 is 45.3 Å². The summed E-state index contributed by atoms with van der Waals surface area (Å²) in [7, 11) is 0. The first-order valence-corrected chi connectivity index (χ1v) is 19.3. The Labute approximate surface area is 331 Å². The van der Waals surface area contributed by atoms with Crippen molar-refractivity contribution in [1.29, 1.82) is 0 Å². The molecule has 0 aliphatic carbocycles. The largest absolute Gasteiger partial charge is 0.337 e. The van der Waals surface area contributed by atoms with Gasteiger partial charge in [0.25, 0.3) is 11.8 Å². The van der Waals surface area contributed by atoms with Crippen molar-refractivity contribution in [2.45, 2.75) is 70.4 Å². The Bertz CT molecular complexity index is 2490. The van der Waals surface area contributed by atoms with E-state index in [1.54, 1.807) is 0 Å². The highest BCUT2D eigenvalue weighted by molar-refractivity contribution is 5.97. The second kappa shape index (κ2) is 16.0. The molecule has 2 fully saturated rings. The maximum Gasteiger partial charge on any atom is 0.329 e. The molecule has 0 radical (unpaired) electrons. The van der Waals surface area contributed by atoms with Crippen molar-refractivity contribution < 1.29 is 28.9 Å². The fourth-order valence-electron chi connectivity index (χ4n) is 8.14. The number of hydroxylamine groups is 4. The van der Waals surface area contributed by atoms with Crippen LogP contribution in [-0.2, 0) is 48.1 Å². The molecule has 6 aromatic carbocycles. The van der Waals surface area contributed by atoms with Crippen LogP contribution in [0, 0.1) is 0 Å². The Morgan fingerprint density at radius 2 is 1.21 bits per heavy atom. The van der Waals surface area contributed by atoms with Crippen LogP contribution in [0.2, 0.25) is 0 Å². The number of carbonyl (C=O) groups is 4. The molecule has 8 rings (SSSR count). The lowest BCUT2D eigenvalue weighted by atomic mass is 9.89. The van der Waals surface area contributed by atoms with Crippen LogP contribution in [0.3, 0.4) is 0 Å². The molecule has 57 heavy (non-hydrogen) atoms.